The Morgan fingerprint density at radius 2 is 1.31 bits per heavy atom. The van der Waals surface area contributed by atoms with Gasteiger partial charge in [0.15, 0.2) is 11.5 Å². The van der Waals surface area contributed by atoms with Crippen LogP contribution in [0.1, 0.15) is 30.1 Å². The highest BCUT2D eigenvalue weighted by Crippen LogP contribution is 2.27. The predicted octanol–water partition coefficient (Wildman–Crippen LogP) is 4.24. The van der Waals surface area contributed by atoms with Gasteiger partial charge in [0.1, 0.15) is 0 Å². The summed E-state index contributed by atoms with van der Waals surface area (Å²) in [6.45, 7) is 6.54. The molecule has 0 aromatic carbocycles. The first-order valence-corrected chi connectivity index (χ1v) is 13.9. The number of rotatable bonds is 4. The summed E-state index contributed by atoms with van der Waals surface area (Å²) in [5.41, 5.74) is 3.43. The van der Waals surface area contributed by atoms with E-state index in [-0.39, 0.29) is 0 Å². The molecule has 22 heteroatoms. The third-order valence-corrected chi connectivity index (χ3v) is 6.46. The van der Waals surface area contributed by atoms with Gasteiger partial charge in [-0.1, -0.05) is 0 Å². The van der Waals surface area contributed by atoms with Crippen molar-refractivity contribution >= 4 is 29.2 Å². The number of hydrogen-bond donors (Lipinski definition) is 3. The average molecular weight is 721 g/mol. The number of anilines is 1. The van der Waals surface area contributed by atoms with Gasteiger partial charge in [-0.3, -0.25) is 9.88 Å². The molecule has 0 aliphatic carbocycles. The predicted molar refractivity (Wildman–Crippen MR) is 149 cm³/mol. The molecule has 13 nitrogen and oxygen atoms in total. The number of hydrogen-bond acceptors (Lipinski definition) is 9. The van der Waals surface area contributed by atoms with Gasteiger partial charge in [0.2, 0.25) is 0 Å². The Morgan fingerprint density at radius 1 is 0.796 bits per heavy atom. The lowest BCUT2D eigenvalue weighted by Gasteiger charge is -2.31. The lowest BCUT2D eigenvalue weighted by molar-refractivity contribution is -0.193. The van der Waals surface area contributed by atoms with Crippen LogP contribution in [-0.2, 0) is 25.7 Å². The minimum absolute atomic E-state index is 0.391. The number of alkyl halides is 9. The molecule has 0 radical (unpaired) electrons. The van der Waals surface area contributed by atoms with E-state index in [2.05, 4.69) is 45.2 Å². The zero-order valence-electron chi connectivity index (χ0n) is 25.0. The molecule has 0 saturated carbocycles. The summed E-state index contributed by atoms with van der Waals surface area (Å²) in [5, 5.41) is 26.2. The molecule has 0 amide bonds. The lowest BCUT2D eigenvalue weighted by Crippen LogP contribution is -2.36. The average Bonchev–Trinajstić information content (AvgIpc) is 3.45. The molecule has 49 heavy (non-hydrogen) atoms. The number of carboxylic acids is 3. The number of fused-ring (bicyclic) bond motifs is 1. The molecule has 0 spiro atoms. The van der Waals surface area contributed by atoms with Crippen molar-refractivity contribution in [3.8, 4) is 0 Å². The summed E-state index contributed by atoms with van der Waals surface area (Å²) in [7, 11) is 0. The van der Waals surface area contributed by atoms with Crippen LogP contribution >= 0.6 is 0 Å². The highest BCUT2D eigenvalue weighted by atomic mass is 19.4. The molecule has 1 unspecified atom stereocenters. The van der Waals surface area contributed by atoms with Crippen molar-refractivity contribution in [2.45, 2.75) is 43.8 Å². The van der Waals surface area contributed by atoms with Crippen LogP contribution in [-0.4, -0.2) is 116 Å². The standard InChI is InChI=1S/C21H26N6O.3C2HF3O2/c1-2-18(15-25(9-1)14-17-5-7-22-8-6-17)21-23-20-4-3-19(16-27(20)24-21)26-10-12-28-13-11-26;3*3-2(4,5)1(6)7/h3-8,16,18H,1-2,9-15H2;3*(H,6,7). The largest absolute Gasteiger partial charge is 0.490 e. The SMILES string of the molecule is O=C(O)C(F)(F)F.O=C(O)C(F)(F)F.O=C(O)C(F)(F)F.c1cc(CN2CCCC(c3nc4ccc(N5CCOCC5)cn4n3)C2)ccn1. The first kappa shape index (κ1) is 40.4. The van der Waals surface area contributed by atoms with Crippen molar-refractivity contribution in [3.63, 3.8) is 0 Å². The number of piperidine rings is 1. The lowest BCUT2D eigenvalue weighted by atomic mass is 9.97. The molecule has 3 aromatic heterocycles. The van der Waals surface area contributed by atoms with E-state index < -0.39 is 36.4 Å². The minimum Gasteiger partial charge on any atom is -0.475 e. The van der Waals surface area contributed by atoms with Crippen LogP contribution in [0.3, 0.4) is 0 Å². The molecule has 3 aromatic rings. The molecule has 272 valence electrons. The number of nitrogens with zero attached hydrogens (tertiary/aromatic N) is 6. The summed E-state index contributed by atoms with van der Waals surface area (Å²) in [6, 6.07) is 8.43. The fourth-order valence-corrected chi connectivity index (χ4v) is 4.23. The second kappa shape index (κ2) is 17.6. The molecular formula is C27H29F9N6O7. The third kappa shape index (κ3) is 14.1. The second-order valence-electron chi connectivity index (χ2n) is 10.1. The second-order valence-corrected chi connectivity index (χ2v) is 10.1. The van der Waals surface area contributed by atoms with Crippen LogP contribution in [0.2, 0.25) is 0 Å². The summed E-state index contributed by atoms with van der Waals surface area (Å²) in [5.74, 6) is -6.91. The van der Waals surface area contributed by atoms with E-state index in [1.54, 1.807) is 0 Å². The van der Waals surface area contributed by atoms with Crippen LogP contribution in [0.25, 0.3) is 5.65 Å². The number of ether oxygens (including phenoxy) is 1. The van der Waals surface area contributed by atoms with Crippen LogP contribution in [0.5, 0.6) is 0 Å². The zero-order valence-corrected chi connectivity index (χ0v) is 25.0. The van der Waals surface area contributed by atoms with Gasteiger partial charge in [0.25, 0.3) is 0 Å². The van der Waals surface area contributed by atoms with Gasteiger partial charge < -0.3 is 25.0 Å². The monoisotopic (exact) mass is 720 g/mol. The smallest absolute Gasteiger partial charge is 0.475 e. The highest BCUT2D eigenvalue weighted by Gasteiger charge is 2.39. The van der Waals surface area contributed by atoms with E-state index in [1.807, 2.05) is 16.9 Å². The van der Waals surface area contributed by atoms with Crippen molar-refractivity contribution in [1.82, 2.24) is 24.5 Å². The summed E-state index contributed by atoms with van der Waals surface area (Å²) in [4.78, 5) is 40.5. The Hall–Kier alpha value is -4.73. The van der Waals surface area contributed by atoms with Crippen molar-refractivity contribution < 1.29 is 74.0 Å². The van der Waals surface area contributed by atoms with Gasteiger partial charge in [-0.25, -0.2) is 23.9 Å². The summed E-state index contributed by atoms with van der Waals surface area (Å²) >= 11 is 0. The maximum Gasteiger partial charge on any atom is 0.490 e. The molecular weight excluding hydrogens is 691 g/mol. The zero-order chi connectivity index (χ0) is 37.0. The van der Waals surface area contributed by atoms with Gasteiger partial charge in [-0.15, -0.1) is 0 Å². The van der Waals surface area contributed by atoms with E-state index in [0.29, 0.717) is 5.92 Å². The molecule has 5 rings (SSSR count). The van der Waals surface area contributed by atoms with Gasteiger partial charge in [-0.2, -0.15) is 44.6 Å². The van der Waals surface area contributed by atoms with E-state index in [0.717, 1.165) is 63.8 Å². The number of carboxylic acid groups (broad SMARTS) is 3. The van der Waals surface area contributed by atoms with E-state index >= 15 is 0 Å². The van der Waals surface area contributed by atoms with Gasteiger partial charge in [0, 0.05) is 44.5 Å². The van der Waals surface area contributed by atoms with Gasteiger partial charge in [-0.05, 0) is 49.2 Å². The third-order valence-electron chi connectivity index (χ3n) is 6.46. The first-order valence-electron chi connectivity index (χ1n) is 13.9. The topological polar surface area (TPSA) is 171 Å². The number of morpholine rings is 1. The molecule has 5 heterocycles. The van der Waals surface area contributed by atoms with Crippen LogP contribution in [0.4, 0.5) is 45.2 Å². The Morgan fingerprint density at radius 3 is 1.80 bits per heavy atom. The Kier molecular flexibility index (Phi) is 14.5. The van der Waals surface area contributed by atoms with Crippen molar-refractivity contribution in [2.75, 3.05) is 44.3 Å². The van der Waals surface area contributed by atoms with Crippen LogP contribution < -0.4 is 4.90 Å². The number of halogens is 9. The molecule has 2 aliphatic heterocycles. The van der Waals surface area contributed by atoms with E-state index in [9.17, 15) is 39.5 Å². The molecule has 2 aliphatic rings. The first-order chi connectivity index (χ1) is 22.7. The summed E-state index contributed by atoms with van der Waals surface area (Å²) < 4.78 is 103. The van der Waals surface area contributed by atoms with Crippen LogP contribution in [0, 0.1) is 0 Å². The van der Waals surface area contributed by atoms with Gasteiger partial charge in [0.05, 0.1) is 25.1 Å². The van der Waals surface area contributed by atoms with Crippen molar-refractivity contribution in [2.24, 2.45) is 0 Å². The Bertz CT molecular complexity index is 1460. The van der Waals surface area contributed by atoms with Crippen LogP contribution in [0.15, 0.2) is 42.9 Å². The number of likely N-dealkylation sites (tertiary alicyclic amines) is 1. The molecule has 3 N–H and O–H groups in total. The fourth-order valence-electron chi connectivity index (χ4n) is 4.23. The summed E-state index contributed by atoms with van der Waals surface area (Å²) in [6.07, 6.45) is -7.07. The van der Waals surface area contributed by atoms with Crippen molar-refractivity contribution in [1.29, 1.82) is 0 Å². The Labute approximate surface area is 270 Å². The fraction of sp³-hybridized carbons (Fsp3) is 0.481. The normalized spacial score (nSPS) is 17.0. The van der Waals surface area contributed by atoms with E-state index in [1.165, 1.54) is 17.7 Å². The maximum atomic E-state index is 10.6. The van der Waals surface area contributed by atoms with E-state index in [4.69, 9.17) is 44.5 Å². The number of carbonyl (C=O) groups is 3. The van der Waals surface area contributed by atoms with Gasteiger partial charge >= 0.3 is 36.4 Å². The number of aromatic nitrogens is 4. The molecule has 2 saturated heterocycles. The number of pyridine rings is 2. The minimum atomic E-state index is -5.08. The quantitative estimate of drug-likeness (QED) is 0.328. The van der Waals surface area contributed by atoms with Crippen molar-refractivity contribution in [3.05, 3.63) is 54.2 Å². The Balaban J connectivity index is 0.000000325. The molecule has 1 atom stereocenters. The number of aliphatic carboxylic acids is 3. The highest BCUT2D eigenvalue weighted by molar-refractivity contribution is 5.73. The maximum absolute atomic E-state index is 10.6. The molecule has 0 bridgehead atoms. The molecule has 2 fully saturated rings.